The molecule has 2 aromatic rings. The molecule has 4 nitrogen and oxygen atoms in total. The van der Waals surface area contributed by atoms with E-state index in [9.17, 15) is 0 Å². The molecule has 2 rings (SSSR count). The van der Waals surface area contributed by atoms with Crippen LogP contribution in [0.3, 0.4) is 0 Å². The average Bonchev–Trinajstić information content (AvgIpc) is 2.92. The van der Waals surface area contributed by atoms with Crippen LogP contribution < -0.4 is 9.47 Å². The Bertz CT molecular complexity index is 689. The predicted octanol–water partition coefficient (Wildman–Crippen LogP) is 1.94. The van der Waals surface area contributed by atoms with Crippen molar-refractivity contribution >= 4 is 11.3 Å². The number of ether oxygens (including phenoxy) is 2. The molecule has 0 aliphatic heterocycles. The molecule has 0 unspecified atom stereocenters. The lowest BCUT2D eigenvalue weighted by Crippen LogP contribution is -1.90. The molecule has 0 amide bonds. The zero-order valence-corrected chi connectivity index (χ0v) is 11.2. The highest BCUT2D eigenvalue weighted by Gasteiger charge is 2.03. The molecule has 0 aliphatic carbocycles. The molecule has 1 aromatic carbocycles. The van der Waals surface area contributed by atoms with Gasteiger partial charge in [0.25, 0.3) is 0 Å². The second-order valence-corrected chi connectivity index (χ2v) is 4.35. The fourth-order valence-corrected chi connectivity index (χ4v) is 1.87. The van der Waals surface area contributed by atoms with E-state index in [1.54, 1.807) is 26.4 Å². The van der Waals surface area contributed by atoms with Crippen molar-refractivity contribution in [3.05, 3.63) is 33.8 Å². The van der Waals surface area contributed by atoms with Gasteiger partial charge in [-0.2, -0.15) is 0 Å². The van der Waals surface area contributed by atoms with E-state index in [1.807, 2.05) is 6.07 Å². The van der Waals surface area contributed by atoms with Crippen LogP contribution in [0, 0.1) is 24.2 Å². The standard InChI is InChI=1S/C14H10N2O2S/c1-4-13-15-16-14(19-13)8-5-10-9-11(17-2)6-7-12(10)18-3/h1,6-7,9H,2-3H3. The molecule has 0 bridgehead atoms. The van der Waals surface area contributed by atoms with Gasteiger partial charge in [0, 0.05) is 0 Å². The van der Waals surface area contributed by atoms with Crippen molar-refractivity contribution in [3.63, 3.8) is 0 Å². The summed E-state index contributed by atoms with van der Waals surface area (Å²) in [6, 6.07) is 5.41. The molecule has 0 N–H and O–H groups in total. The number of rotatable bonds is 2. The van der Waals surface area contributed by atoms with Crippen LogP contribution in [0.1, 0.15) is 15.6 Å². The molecular formula is C14H10N2O2S. The van der Waals surface area contributed by atoms with Crippen molar-refractivity contribution < 1.29 is 9.47 Å². The monoisotopic (exact) mass is 270 g/mol. The first-order valence-electron chi connectivity index (χ1n) is 5.31. The van der Waals surface area contributed by atoms with E-state index in [1.165, 1.54) is 11.3 Å². The van der Waals surface area contributed by atoms with Crippen molar-refractivity contribution in [2.75, 3.05) is 14.2 Å². The van der Waals surface area contributed by atoms with Gasteiger partial charge in [-0.25, -0.2) is 0 Å². The number of methoxy groups -OCH3 is 2. The third-order valence-electron chi connectivity index (χ3n) is 2.26. The minimum Gasteiger partial charge on any atom is -0.497 e. The first-order chi connectivity index (χ1) is 9.26. The molecule has 0 radical (unpaired) electrons. The number of aromatic nitrogens is 2. The molecule has 0 saturated heterocycles. The van der Waals surface area contributed by atoms with E-state index in [-0.39, 0.29) is 0 Å². The van der Waals surface area contributed by atoms with Crippen molar-refractivity contribution in [1.82, 2.24) is 10.2 Å². The molecule has 1 aromatic heterocycles. The third kappa shape index (κ3) is 3.04. The molecule has 5 heteroatoms. The minimum absolute atomic E-state index is 0.516. The number of nitrogens with zero attached hydrogens (tertiary/aromatic N) is 2. The van der Waals surface area contributed by atoms with E-state index in [4.69, 9.17) is 15.9 Å². The van der Waals surface area contributed by atoms with Crippen molar-refractivity contribution in [2.24, 2.45) is 0 Å². The van der Waals surface area contributed by atoms with E-state index in [2.05, 4.69) is 28.0 Å². The van der Waals surface area contributed by atoms with Gasteiger partial charge in [0.05, 0.1) is 19.8 Å². The van der Waals surface area contributed by atoms with Crippen LogP contribution in [0.25, 0.3) is 0 Å². The van der Waals surface area contributed by atoms with Gasteiger partial charge in [0.1, 0.15) is 11.5 Å². The number of hydrogen-bond donors (Lipinski definition) is 0. The van der Waals surface area contributed by atoms with Crippen LogP contribution in [-0.4, -0.2) is 24.4 Å². The average molecular weight is 270 g/mol. The minimum atomic E-state index is 0.516. The second-order valence-electron chi connectivity index (χ2n) is 3.37. The fraction of sp³-hybridized carbons (Fsp3) is 0.143. The highest BCUT2D eigenvalue weighted by atomic mass is 32.1. The maximum absolute atomic E-state index is 5.24. The Morgan fingerprint density at radius 3 is 2.53 bits per heavy atom. The Hall–Kier alpha value is -2.50. The van der Waals surface area contributed by atoms with E-state index >= 15 is 0 Å². The summed E-state index contributed by atoms with van der Waals surface area (Å²) < 4.78 is 10.4. The lowest BCUT2D eigenvalue weighted by molar-refractivity contribution is 0.402. The van der Waals surface area contributed by atoms with Gasteiger partial charge >= 0.3 is 0 Å². The smallest absolute Gasteiger partial charge is 0.192 e. The Morgan fingerprint density at radius 1 is 1.11 bits per heavy atom. The Morgan fingerprint density at radius 2 is 1.89 bits per heavy atom. The van der Waals surface area contributed by atoms with Gasteiger partial charge in [-0.05, 0) is 30.0 Å². The van der Waals surface area contributed by atoms with Gasteiger partial charge in [0.15, 0.2) is 10.0 Å². The summed E-state index contributed by atoms with van der Waals surface area (Å²) in [6.45, 7) is 0. The number of terminal acetylenes is 1. The largest absolute Gasteiger partial charge is 0.497 e. The first-order valence-corrected chi connectivity index (χ1v) is 6.12. The van der Waals surface area contributed by atoms with E-state index in [0.717, 1.165) is 5.56 Å². The summed E-state index contributed by atoms with van der Waals surface area (Å²) in [6.07, 6.45) is 5.23. The third-order valence-corrected chi connectivity index (χ3v) is 3.03. The maximum atomic E-state index is 5.24. The fourth-order valence-electron chi connectivity index (χ4n) is 1.36. The van der Waals surface area contributed by atoms with Crippen LogP contribution in [-0.2, 0) is 0 Å². The maximum Gasteiger partial charge on any atom is 0.192 e. The van der Waals surface area contributed by atoms with E-state index < -0.39 is 0 Å². The summed E-state index contributed by atoms with van der Waals surface area (Å²) in [4.78, 5) is 0. The molecule has 1 heterocycles. The van der Waals surface area contributed by atoms with Crippen molar-refractivity contribution in [3.8, 4) is 35.7 Å². The molecule has 19 heavy (non-hydrogen) atoms. The molecule has 0 fully saturated rings. The SMILES string of the molecule is C#Cc1nnc(C#Cc2cc(OC)ccc2OC)s1. The highest BCUT2D eigenvalue weighted by molar-refractivity contribution is 7.12. The number of hydrogen-bond acceptors (Lipinski definition) is 5. The predicted molar refractivity (Wildman–Crippen MR) is 73.4 cm³/mol. The zero-order valence-electron chi connectivity index (χ0n) is 10.4. The topological polar surface area (TPSA) is 44.2 Å². The Balaban J connectivity index is 2.35. The zero-order chi connectivity index (χ0) is 13.7. The lowest BCUT2D eigenvalue weighted by atomic mass is 10.2. The first kappa shape index (κ1) is 12.9. The van der Waals surface area contributed by atoms with Crippen LogP contribution in [0.5, 0.6) is 11.5 Å². The summed E-state index contributed by atoms with van der Waals surface area (Å²) in [5.41, 5.74) is 0.722. The summed E-state index contributed by atoms with van der Waals surface area (Å²) in [5, 5.41) is 8.76. The molecule has 94 valence electrons. The lowest BCUT2D eigenvalue weighted by Gasteiger charge is -2.05. The molecule has 0 atom stereocenters. The van der Waals surface area contributed by atoms with Gasteiger partial charge in [-0.15, -0.1) is 16.6 Å². The number of benzene rings is 1. The van der Waals surface area contributed by atoms with Crippen molar-refractivity contribution in [1.29, 1.82) is 0 Å². The molecule has 0 spiro atoms. The van der Waals surface area contributed by atoms with Crippen LogP contribution in [0.15, 0.2) is 18.2 Å². The van der Waals surface area contributed by atoms with Gasteiger partial charge in [-0.3, -0.25) is 0 Å². The van der Waals surface area contributed by atoms with Crippen molar-refractivity contribution in [2.45, 2.75) is 0 Å². The van der Waals surface area contributed by atoms with E-state index in [0.29, 0.717) is 21.5 Å². The molecule has 0 saturated carbocycles. The van der Waals surface area contributed by atoms with Gasteiger partial charge < -0.3 is 9.47 Å². The Kier molecular flexibility index (Phi) is 4.02. The Labute approximate surface area is 115 Å². The second kappa shape index (κ2) is 5.90. The normalized spacial score (nSPS) is 9.11. The highest BCUT2D eigenvalue weighted by Crippen LogP contribution is 2.23. The quantitative estimate of drug-likeness (QED) is 0.782. The van der Waals surface area contributed by atoms with Gasteiger partial charge in [0.2, 0.25) is 0 Å². The molecule has 0 aliphatic rings. The summed E-state index contributed by atoms with van der Waals surface area (Å²) in [5.74, 6) is 9.69. The van der Waals surface area contributed by atoms with Gasteiger partial charge in [-0.1, -0.05) is 17.3 Å². The molecular weight excluding hydrogens is 260 g/mol. The van der Waals surface area contributed by atoms with Crippen LogP contribution in [0.4, 0.5) is 0 Å². The summed E-state index contributed by atoms with van der Waals surface area (Å²) in [7, 11) is 3.19. The van der Waals surface area contributed by atoms with Crippen LogP contribution in [0.2, 0.25) is 0 Å². The van der Waals surface area contributed by atoms with Crippen LogP contribution >= 0.6 is 11.3 Å². The summed E-state index contributed by atoms with van der Waals surface area (Å²) >= 11 is 1.27.